The SMILES string of the molecule is O=C(CCOc1ccccc1)N1CCCCCC1CO. The summed E-state index contributed by atoms with van der Waals surface area (Å²) in [5.41, 5.74) is 0. The molecule has 0 saturated carbocycles. The molecule has 1 amide bonds. The summed E-state index contributed by atoms with van der Waals surface area (Å²) in [7, 11) is 0. The van der Waals surface area contributed by atoms with Crippen LogP contribution in [0, 0.1) is 0 Å². The summed E-state index contributed by atoms with van der Waals surface area (Å²) in [6.45, 7) is 1.21. The predicted molar refractivity (Wildman–Crippen MR) is 77.6 cm³/mol. The summed E-state index contributed by atoms with van der Waals surface area (Å²) in [6, 6.07) is 9.50. The molecule has 1 aliphatic heterocycles. The summed E-state index contributed by atoms with van der Waals surface area (Å²) >= 11 is 0. The first-order chi connectivity index (χ1) is 9.81. The zero-order valence-electron chi connectivity index (χ0n) is 11.8. The first kappa shape index (κ1) is 14.9. The highest BCUT2D eigenvalue weighted by atomic mass is 16.5. The number of para-hydroxylation sites is 1. The van der Waals surface area contributed by atoms with Crippen LogP contribution in [0.1, 0.15) is 32.1 Å². The molecule has 1 atom stereocenters. The van der Waals surface area contributed by atoms with Crippen molar-refractivity contribution < 1.29 is 14.6 Å². The number of rotatable bonds is 5. The van der Waals surface area contributed by atoms with Crippen LogP contribution in [0.4, 0.5) is 0 Å². The molecule has 110 valence electrons. The van der Waals surface area contributed by atoms with Gasteiger partial charge in [0.2, 0.25) is 5.91 Å². The molecular formula is C16H23NO3. The third kappa shape index (κ3) is 4.23. The highest BCUT2D eigenvalue weighted by Crippen LogP contribution is 2.17. The maximum atomic E-state index is 12.2. The number of carbonyl (C=O) groups is 1. The molecule has 1 unspecified atom stereocenters. The average molecular weight is 277 g/mol. The third-order valence-electron chi connectivity index (χ3n) is 3.74. The lowest BCUT2D eigenvalue weighted by Crippen LogP contribution is -2.42. The molecule has 2 rings (SSSR count). The van der Waals surface area contributed by atoms with Gasteiger partial charge in [-0.2, -0.15) is 0 Å². The van der Waals surface area contributed by atoms with Crippen molar-refractivity contribution >= 4 is 5.91 Å². The van der Waals surface area contributed by atoms with Gasteiger partial charge < -0.3 is 14.7 Å². The number of ether oxygens (including phenoxy) is 1. The Kier molecular flexibility index (Phi) is 5.87. The number of hydrogen-bond acceptors (Lipinski definition) is 3. The molecule has 1 aromatic rings. The van der Waals surface area contributed by atoms with E-state index in [9.17, 15) is 9.90 Å². The van der Waals surface area contributed by atoms with E-state index in [1.54, 1.807) is 0 Å². The van der Waals surface area contributed by atoms with Gasteiger partial charge in [0.1, 0.15) is 5.75 Å². The highest BCUT2D eigenvalue weighted by Gasteiger charge is 2.24. The molecule has 0 aromatic heterocycles. The van der Waals surface area contributed by atoms with Crippen molar-refractivity contribution in [1.82, 2.24) is 4.90 Å². The Morgan fingerprint density at radius 2 is 2.05 bits per heavy atom. The van der Waals surface area contributed by atoms with E-state index in [0.717, 1.165) is 38.0 Å². The molecule has 4 heteroatoms. The van der Waals surface area contributed by atoms with Crippen LogP contribution in [0.2, 0.25) is 0 Å². The molecule has 1 aliphatic rings. The number of hydrogen-bond donors (Lipinski definition) is 1. The van der Waals surface area contributed by atoms with E-state index < -0.39 is 0 Å². The van der Waals surface area contributed by atoms with E-state index >= 15 is 0 Å². The zero-order chi connectivity index (χ0) is 14.2. The molecule has 1 heterocycles. The lowest BCUT2D eigenvalue weighted by atomic mass is 10.1. The monoisotopic (exact) mass is 277 g/mol. The van der Waals surface area contributed by atoms with Gasteiger partial charge in [0, 0.05) is 6.54 Å². The van der Waals surface area contributed by atoms with Gasteiger partial charge in [-0.25, -0.2) is 0 Å². The first-order valence-corrected chi connectivity index (χ1v) is 7.39. The molecule has 1 fully saturated rings. The summed E-state index contributed by atoms with van der Waals surface area (Å²) in [6.07, 6.45) is 4.53. The van der Waals surface area contributed by atoms with Crippen molar-refractivity contribution in [1.29, 1.82) is 0 Å². The number of likely N-dealkylation sites (tertiary alicyclic amines) is 1. The molecule has 0 radical (unpaired) electrons. The summed E-state index contributed by atoms with van der Waals surface area (Å²) in [4.78, 5) is 14.1. The van der Waals surface area contributed by atoms with Crippen LogP contribution < -0.4 is 4.74 Å². The third-order valence-corrected chi connectivity index (χ3v) is 3.74. The Balaban J connectivity index is 1.80. The maximum Gasteiger partial charge on any atom is 0.226 e. The number of nitrogens with zero attached hydrogens (tertiary/aromatic N) is 1. The van der Waals surface area contributed by atoms with Crippen LogP contribution in [-0.4, -0.2) is 41.7 Å². The minimum Gasteiger partial charge on any atom is -0.493 e. The standard InChI is InChI=1S/C16H23NO3/c18-13-14-7-3-2-6-11-17(14)16(19)10-12-20-15-8-4-1-5-9-15/h1,4-5,8-9,14,18H,2-3,6-7,10-13H2. The van der Waals surface area contributed by atoms with Gasteiger partial charge in [0.05, 0.1) is 25.7 Å². The van der Waals surface area contributed by atoms with Crippen molar-refractivity contribution in [2.45, 2.75) is 38.1 Å². The Morgan fingerprint density at radius 3 is 2.80 bits per heavy atom. The van der Waals surface area contributed by atoms with Gasteiger partial charge in [0.15, 0.2) is 0 Å². The Hall–Kier alpha value is -1.55. The molecule has 4 nitrogen and oxygen atoms in total. The van der Waals surface area contributed by atoms with Crippen molar-refractivity contribution in [3.05, 3.63) is 30.3 Å². The van der Waals surface area contributed by atoms with Gasteiger partial charge >= 0.3 is 0 Å². The van der Waals surface area contributed by atoms with Gasteiger partial charge in [0.25, 0.3) is 0 Å². The molecule has 1 N–H and O–H groups in total. The number of carbonyl (C=O) groups excluding carboxylic acids is 1. The highest BCUT2D eigenvalue weighted by molar-refractivity contribution is 5.76. The Morgan fingerprint density at radius 1 is 1.25 bits per heavy atom. The average Bonchev–Trinajstić information content (AvgIpc) is 2.73. The number of aliphatic hydroxyl groups excluding tert-OH is 1. The minimum atomic E-state index is -0.0123. The van der Waals surface area contributed by atoms with E-state index in [4.69, 9.17) is 4.74 Å². The normalized spacial score (nSPS) is 19.4. The first-order valence-electron chi connectivity index (χ1n) is 7.39. The van der Waals surface area contributed by atoms with Gasteiger partial charge in [-0.15, -0.1) is 0 Å². The molecular weight excluding hydrogens is 254 g/mol. The summed E-state index contributed by atoms with van der Waals surface area (Å²) < 4.78 is 5.56. The van der Waals surface area contributed by atoms with E-state index in [-0.39, 0.29) is 18.6 Å². The van der Waals surface area contributed by atoms with Gasteiger partial charge in [-0.1, -0.05) is 31.0 Å². The Bertz CT molecular complexity index is 407. The van der Waals surface area contributed by atoms with Crippen molar-refractivity contribution in [2.24, 2.45) is 0 Å². The molecule has 0 bridgehead atoms. The molecule has 0 spiro atoms. The molecule has 1 saturated heterocycles. The van der Waals surface area contributed by atoms with Gasteiger partial charge in [-0.3, -0.25) is 4.79 Å². The largest absolute Gasteiger partial charge is 0.493 e. The van der Waals surface area contributed by atoms with E-state index in [0.29, 0.717) is 13.0 Å². The van der Waals surface area contributed by atoms with E-state index in [1.165, 1.54) is 0 Å². The molecule has 1 aromatic carbocycles. The van der Waals surface area contributed by atoms with Crippen molar-refractivity contribution in [2.75, 3.05) is 19.8 Å². The van der Waals surface area contributed by atoms with Gasteiger partial charge in [-0.05, 0) is 25.0 Å². The second-order valence-electron chi connectivity index (χ2n) is 5.18. The molecule has 20 heavy (non-hydrogen) atoms. The number of aliphatic hydroxyl groups is 1. The van der Waals surface area contributed by atoms with Crippen LogP contribution in [0.15, 0.2) is 30.3 Å². The second kappa shape index (κ2) is 7.90. The fourth-order valence-electron chi connectivity index (χ4n) is 2.61. The topological polar surface area (TPSA) is 49.8 Å². The minimum absolute atomic E-state index is 0.0123. The zero-order valence-corrected chi connectivity index (χ0v) is 11.8. The van der Waals surface area contributed by atoms with E-state index in [1.807, 2.05) is 35.2 Å². The fourth-order valence-corrected chi connectivity index (χ4v) is 2.61. The lowest BCUT2D eigenvalue weighted by Gasteiger charge is -2.28. The van der Waals surface area contributed by atoms with Crippen LogP contribution in [0.3, 0.4) is 0 Å². The van der Waals surface area contributed by atoms with Crippen LogP contribution in [0.5, 0.6) is 5.75 Å². The second-order valence-corrected chi connectivity index (χ2v) is 5.18. The van der Waals surface area contributed by atoms with Crippen LogP contribution in [-0.2, 0) is 4.79 Å². The summed E-state index contributed by atoms with van der Waals surface area (Å²) in [5, 5.41) is 9.41. The number of amides is 1. The molecule has 0 aliphatic carbocycles. The summed E-state index contributed by atoms with van der Waals surface area (Å²) in [5.74, 6) is 0.872. The fraction of sp³-hybridized carbons (Fsp3) is 0.562. The van der Waals surface area contributed by atoms with E-state index in [2.05, 4.69) is 0 Å². The van der Waals surface area contributed by atoms with Crippen LogP contribution in [0.25, 0.3) is 0 Å². The Labute approximate surface area is 120 Å². The quantitative estimate of drug-likeness (QED) is 0.898. The predicted octanol–water partition coefficient (Wildman–Crippen LogP) is 2.22. The number of benzene rings is 1. The smallest absolute Gasteiger partial charge is 0.226 e. The lowest BCUT2D eigenvalue weighted by molar-refractivity contribution is -0.134. The maximum absolute atomic E-state index is 12.2. The van der Waals surface area contributed by atoms with Crippen LogP contribution >= 0.6 is 0 Å². The van der Waals surface area contributed by atoms with Crippen molar-refractivity contribution in [3.63, 3.8) is 0 Å². The van der Waals surface area contributed by atoms with Crippen molar-refractivity contribution in [3.8, 4) is 5.75 Å².